The number of carbonyl (C=O) groups excluding carboxylic acids is 2. The van der Waals surface area contributed by atoms with Gasteiger partial charge >= 0.3 is 0 Å². The number of aliphatic hydroxyl groups is 1. The number of para-hydroxylation sites is 1. The van der Waals surface area contributed by atoms with E-state index in [4.69, 9.17) is 9.84 Å². The lowest BCUT2D eigenvalue weighted by atomic mass is 9.64. The zero-order valence-electron chi connectivity index (χ0n) is 14.0. The molecule has 0 aromatic heterocycles. The first-order valence-corrected chi connectivity index (χ1v) is 9.83. The van der Waals surface area contributed by atoms with Gasteiger partial charge in [0.05, 0.1) is 17.0 Å². The van der Waals surface area contributed by atoms with Crippen molar-refractivity contribution in [3.63, 3.8) is 0 Å². The molecule has 1 aromatic rings. The average molecular weight is 482 g/mol. The summed E-state index contributed by atoms with van der Waals surface area (Å²) in [5.74, 6) is -0.633. The minimum Gasteiger partial charge on any atom is -0.491 e. The average Bonchev–Trinajstić information content (AvgIpc) is 2.64. The third-order valence-corrected chi connectivity index (χ3v) is 6.87. The Morgan fingerprint density at radius 3 is 2.77 bits per heavy atom. The normalized spacial score (nSPS) is 28.1. The molecule has 0 fully saturated rings. The van der Waals surface area contributed by atoms with Crippen LogP contribution in [0.5, 0.6) is 5.75 Å². The van der Waals surface area contributed by atoms with E-state index in [2.05, 4.69) is 38.4 Å². The molecule has 0 bridgehead atoms. The fourth-order valence-corrected chi connectivity index (χ4v) is 5.18. The molecular weight excluding hydrogens is 464 g/mol. The molecule has 4 nitrogen and oxygen atoms in total. The summed E-state index contributed by atoms with van der Waals surface area (Å²) in [4.78, 5) is 25.8. The van der Waals surface area contributed by atoms with E-state index >= 15 is 0 Å². The number of alkyl halides is 1. The standard InChI is InChI=1S/C20H18Br2O4/c1-2-12-7-8-14-19(25)15(21)11-17(24)20(14,22)18(12)13-5-3-4-6-16(13)26-10-9-23/h2-7,11,14,18,23H,1,8-10H2/t14-,18+,20+/m0/s1. The lowest BCUT2D eigenvalue weighted by Crippen LogP contribution is -2.52. The molecule has 0 amide bonds. The van der Waals surface area contributed by atoms with Gasteiger partial charge in [-0.15, -0.1) is 0 Å². The first-order chi connectivity index (χ1) is 12.4. The highest BCUT2D eigenvalue weighted by atomic mass is 79.9. The number of benzene rings is 1. The Hall–Kier alpha value is -1.50. The quantitative estimate of drug-likeness (QED) is 0.649. The molecule has 0 spiro atoms. The molecule has 0 radical (unpaired) electrons. The van der Waals surface area contributed by atoms with Gasteiger partial charge in [0.2, 0.25) is 0 Å². The van der Waals surface area contributed by atoms with Crippen molar-refractivity contribution in [3.8, 4) is 5.75 Å². The molecule has 0 saturated carbocycles. The van der Waals surface area contributed by atoms with Gasteiger partial charge in [0.1, 0.15) is 16.7 Å². The monoisotopic (exact) mass is 480 g/mol. The summed E-state index contributed by atoms with van der Waals surface area (Å²) in [5.41, 5.74) is 1.65. The predicted molar refractivity (Wildman–Crippen MR) is 107 cm³/mol. The Labute approximate surface area is 168 Å². The molecule has 2 aliphatic carbocycles. The molecule has 1 aromatic carbocycles. The van der Waals surface area contributed by atoms with E-state index in [1.807, 2.05) is 24.3 Å². The molecule has 26 heavy (non-hydrogen) atoms. The van der Waals surface area contributed by atoms with E-state index < -0.39 is 16.2 Å². The number of ketones is 2. The summed E-state index contributed by atoms with van der Waals surface area (Å²) >= 11 is 6.88. The number of rotatable bonds is 5. The molecule has 0 unspecified atom stereocenters. The maximum Gasteiger partial charge on any atom is 0.175 e. The van der Waals surface area contributed by atoms with Crippen LogP contribution in [0.15, 0.2) is 59.1 Å². The van der Waals surface area contributed by atoms with E-state index in [0.717, 1.165) is 11.1 Å². The van der Waals surface area contributed by atoms with Crippen molar-refractivity contribution in [3.05, 3.63) is 64.7 Å². The highest BCUT2D eigenvalue weighted by molar-refractivity contribution is 9.12. The van der Waals surface area contributed by atoms with Gasteiger partial charge in [0, 0.05) is 17.6 Å². The smallest absolute Gasteiger partial charge is 0.175 e. The van der Waals surface area contributed by atoms with Crippen LogP contribution in [0.2, 0.25) is 0 Å². The molecule has 0 heterocycles. The van der Waals surface area contributed by atoms with Crippen molar-refractivity contribution in [1.82, 2.24) is 0 Å². The Morgan fingerprint density at radius 2 is 2.08 bits per heavy atom. The number of ether oxygens (including phenoxy) is 1. The number of allylic oxidation sites excluding steroid dienone is 5. The first-order valence-electron chi connectivity index (χ1n) is 8.25. The minimum absolute atomic E-state index is 0.0976. The third-order valence-electron chi connectivity index (χ3n) is 4.85. The van der Waals surface area contributed by atoms with Crippen LogP contribution in [-0.2, 0) is 9.59 Å². The highest BCUT2D eigenvalue weighted by Crippen LogP contribution is 2.55. The lowest BCUT2D eigenvalue weighted by Gasteiger charge is -2.45. The van der Waals surface area contributed by atoms with Crippen molar-refractivity contribution >= 4 is 43.4 Å². The van der Waals surface area contributed by atoms with E-state index in [9.17, 15) is 9.59 Å². The fraction of sp³-hybridized carbons (Fsp3) is 0.300. The van der Waals surface area contributed by atoms with Crippen LogP contribution in [0.25, 0.3) is 0 Å². The van der Waals surface area contributed by atoms with Gasteiger partial charge in [-0.2, -0.15) is 0 Å². The summed E-state index contributed by atoms with van der Waals surface area (Å²) < 4.78 is 4.90. The summed E-state index contributed by atoms with van der Waals surface area (Å²) in [6.07, 6.45) is 5.49. The number of aliphatic hydroxyl groups excluding tert-OH is 1. The third kappa shape index (κ3) is 3.04. The van der Waals surface area contributed by atoms with Crippen LogP contribution >= 0.6 is 31.9 Å². The summed E-state index contributed by atoms with van der Waals surface area (Å²) in [6, 6.07) is 7.37. The molecule has 136 valence electrons. The Balaban J connectivity index is 2.19. The Bertz CT molecular complexity index is 827. The van der Waals surface area contributed by atoms with Crippen molar-refractivity contribution < 1.29 is 19.4 Å². The van der Waals surface area contributed by atoms with Gasteiger partial charge < -0.3 is 9.84 Å². The number of hydrogen-bond acceptors (Lipinski definition) is 4. The summed E-state index contributed by atoms with van der Waals surface area (Å²) in [6.45, 7) is 3.92. The topological polar surface area (TPSA) is 63.6 Å². The molecule has 3 atom stereocenters. The minimum atomic E-state index is -1.10. The maximum absolute atomic E-state index is 13.0. The predicted octanol–water partition coefficient (Wildman–Crippen LogP) is 3.84. The number of hydrogen-bond donors (Lipinski definition) is 1. The molecule has 1 N–H and O–H groups in total. The number of fused-ring (bicyclic) bond motifs is 1. The van der Waals surface area contributed by atoms with Gasteiger partial charge in [-0.05, 0) is 34.0 Å². The van der Waals surface area contributed by atoms with Crippen LogP contribution in [0.4, 0.5) is 0 Å². The van der Waals surface area contributed by atoms with Gasteiger partial charge in [-0.3, -0.25) is 9.59 Å². The van der Waals surface area contributed by atoms with Gasteiger partial charge in [-0.25, -0.2) is 0 Å². The van der Waals surface area contributed by atoms with Crippen LogP contribution < -0.4 is 4.74 Å². The van der Waals surface area contributed by atoms with Crippen molar-refractivity contribution in [2.75, 3.05) is 13.2 Å². The molecule has 0 saturated heterocycles. The zero-order chi connectivity index (χ0) is 18.9. The largest absolute Gasteiger partial charge is 0.491 e. The van der Waals surface area contributed by atoms with Gasteiger partial charge in [-0.1, -0.05) is 52.9 Å². The zero-order valence-corrected chi connectivity index (χ0v) is 17.1. The fourth-order valence-electron chi connectivity index (χ4n) is 3.68. The van der Waals surface area contributed by atoms with E-state index in [1.165, 1.54) is 6.08 Å². The number of Topliss-reactive ketones (excluding diaryl/α,β-unsaturated/α-hetero) is 1. The number of halogens is 2. The molecular formula is C20H18Br2O4. The van der Waals surface area contributed by atoms with Crippen molar-refractivity contribution in [2.45, 2.75) is 16.7 Å². The van der Waals surface area contributed by atoms with Crippen LogP contribution in [-0.4, -0.2) is 34.2 Å². The summed E-state index contributed by atoms with van der Waals surface area (Å²) in [7, 11) is 0. The van der Waals surface area contributed by atoms with Gasteiger partial charge in [0.15, 0.2) is 11.6 Å². The molecule has 2 aliphatic rings. The second-order valence-electron chi connectivity index (χ2n) is 6.23. The maximum atomic E-state index is 13.0. The second-order valence-corrected chi connectivity index (χ2v) is 8.39. The highest BCUT2D eigenvalue weighted by Gasteiger charge is 2.57. The molecule has 3 rings (SSSR count). The van der Waals surface area contributed by atoms with Crippen LogP contribution in [0.1, 0.15) is 17.9 Å². The lowest BCUT2D eigenvalue weighted by molar-refractivity contribution is -0.127. The second kappa shape index (κ2) is 7.62. The van der Waals surface area contributed by atoms with Crippen LogP contribution in [0, 0.1) is 5.92 Å². The van der Waals surface area contributed by atoms with E-state index in [1.54, 1.807) is 12.1 Å². The Kier molecular flexibility index (Phi) is 5.65. The molecule has 0 aliphatic heterocycles. The van der Waals surface area contributed by atoms with E-state index in [-0.39, 0.29) is 24.8 Å². The molecule has 6 heteroatoms. The van der Waals surface area contributed by atoms with Crippen LogP contribution in [0.3, 0.4) is 0 Å². The van der Waals surface area contributed by atoms with Crippen molar-refractivity contribution in [2.24, 2.45) is 5.92 Å². The van der Waals surface area contributed by atoms with E-state index in [0.29, 0.717) is 16.7 Å². The Morgan fingerprint density at radius 1 is 1.35 bits per heavy atom. The van der Waals surface area contributed by atoms with Crippen molar-refractivity contribution in [1.29, 1.82) is 0 Å². The first kappa shape index (κ1) is 19.3. The number of carbonyl (C=O) groups is 2. The van der Waals surface area contributed by atoms with Gasteiger partial charge in [0.25, 0.3) is 0 Å². The summed E-state index contributed by atoms with van der Waals surface area (Å²) in [5, 5.41) is 9.10. The SMILES string of the molecule is C=CC1=CC[C@H]2C(=O)C(Br)=CC(=O)[C@@]2(Br)[C@H]1c1ccccc1OCCO.